The Morgan fingerprint density at radius 2 is 1.95 bits per heavy atom. The van der Waals surface area contributed by atoms with Gasteiger partial charge in [0.2, 0.25) is 0 Å². The van der Waals surface area contributed by atoms with Crippen LogP contribution in [0.25, 0.3) is 0 Å². The summed E-state index contributed by atoms with van der Waals surface area (Å²) in [6, 6.07) is 2.19. The second-order valence-corrected chi connectivity index (χ2v) is 6.15. The smallest absolute Gasteiger partial charge is 0.0492 e. The molecule has 1 N–H and O–H groups in total. The van der Waals surface area contributed by atoms with E-state index in [2.05, 4.69) is 28.4 Å². The van der Waals surface area contributed by atoms with Crippen molar-refractivity contribution in [1.82, 2.24) is 20.0 Å². The minimum Gasteiger partial charge on any atom is -0.317 e. The highest BCUT2D eigenvalue weighted by Crippen LogP contribution is 2.28. The van der Waals surface area contributed by atoms with Gasteiger partial charge in [-0.2, -0.15) is 5.10 Å². The summed E-state index contributed by atoms with van der Waals surface area (Å²) >= 11 is 0. The molecular weight excluding hydrogens is 236 g/mol. The van der Waals surface area contributed by atoms with Crippen LogP contribution in [0.5, 0.6) is 0 Å². The Labute approximate surface area is 116 Å². The molecule has 4 nitrogen and oxygen atoms in total. The molecule has 0 amide bonds. The summed E-state index contributed by atoms with van der Waals surface area (Å²) in [5.41, 5.74) is 1.42. The summed E-state index contributed by atoms with van der Waals surface area (Å²) in [4.78, 5) is 2.68. The fourth-order valence-corrected chi connectivity index (χ4v) is 3.63. The van der Waals surface area contributed by atoms with Crippen LogP contribution in [0.15, 0.2) is 12.3 Å². The molecule has 19 heavy (non-hydrogen) atoms. The molecule has 0 bridgehead atoms. The van der Waals surface area contributed by atoms with E-state index in [1.165, 1.54) is 64.1 Å². The molecule has 0 unspecified atom stereocenters. The van der Waals surface area contributed by atoms with E-state index in [1.54, 1.807) is 0 Å². The van der Waals surface area contributed by atoms with Crippen molar-refractivity contribution in [3.63, 3.8) is 0 Å². The monoisotopic (exact) mass is 262 g/mol. The molecule has 0 atom stereocenters. The van der Waals surface area contributed by atoms with Crippen LogP contribution in [-0.2, 0) is 7.05 Å². The van der Waals surface area contributed by atoms with E-state index < -0.39 is 0 Å². The molecule has 0 aromatic carbocycles. The van der Waals surface area contributed by atoms with E-state index in [1.807, 2.05) is 10.9 Å². The Bertz CT molecular complexity index is 387. The fourth-order valence-electron chi connectivity index (χ4n) is 3.63. The van der Waals surface area contributed by atoms with Crippen LogP contribution in [-0.4, -0.2) is 47.4 Å². The third-order valence-electron chi connectivity index (χ3n) is 4.84. The van der Waals surface area contributed by atoms with Gasteiger partial charge in [-0.1, -0.05) is 0 Å². The van der Waals surface area contributed by atoms with Crippen molar-refractivity contribution < 1.29 is 0 Å². The van der Waals surface area contributed by atoms with Gasteiger partial charge < -0.3 is 10.2 Å². The van der Waals surface area contributed by atoms with Crippen molar-refractivity contribution in [2.75, 3.05) is 32.7 Å². The quantitative estimate of drug-likeness (QED) is 0.898. The van der Waals surface area contributed by atoms with Gasteiger partial charge in [-0.05, 0) is 63.8 Å². The van der Waals surface area contributed by atoms with Gasteiger partial charge in [0.25, 0.3) is 0 Å². The Kier molecular flexibility index (Phi) is 4.18. The molecule has 2 fully saturated rings. The second-order valence-electron chi connectivity index (χ2n) is 6.15. The topological polar surface area (TPSA) is 33.1 Å². The molecule has 106 valence electrons. The number of piperidine rings is 2. The van der Waals surface area contributed by atoms with E-state index in [4.69, 9.17) is 0 Å². The summed E-state index contributed by atoms with van der Waals surface area (Å²) in [5, 5.41) is 7.76. The number of nitrogens with zero attached hydrogens (tertiary/aromatic N) is 3. The molecular formula is C15H26N4. The zero-order valence-electron chi connectivity index (χ0n) is 12.0. The van der Waals surface area contributed by atoms with Crippen molar-refractivity contribution in [2.45, 2.75) is 31.6 Å². The van der Waals surface area contributed by atoms with Gasteiger partial charge >= 0.3 is 0 Å². The predicted molar refractivity (Wildman–Crippen MR) is 77.2 cm³/mol. The van der Waals surface area contributed by atoms with Gasteiger partial charge in [0, 0.05) is 31.4 Å². The van der Waals surface area contributed by atoms with Crippen LogP contribution in [0.4, 0.5) is 0 Å². The lowest BCUT2D eigenvalue weighted by molar-refractivity contribution is 0.165. The number of nitrogens with one attached hydrogen (secondary N) is 1. The van der Waals surface area contributed by atoms with E-state index in [0.717, 1.165) is 11.8 Å². The summed E-state index contributed by atoms with van der Waals surface area (Å²) in [6.45, 7) is 6.28. The summed E-state index contributed by atoms with van der Waals surface area (Å²) in [6.07, 6.45) is 7.25. The van der Waals surface area contributed by atoms with Gasteiger partial charge in [-0.15, -0.1) is 0 Å². The van der Waals surface area contributed by atoms with Gasteiger partial charge in [0.1, 0.15) is 0 Å². The van der Waals surface area contributed by atoms with Crippen LogP contribution < -0.4 is 5.32 Å². The van der Waals surface area contributed by atoms with Gasteiger partial charge in [0.05, 0.1) is 0 Å². The lowest BCUT2D eigenvalue weighted by Gasteiger charge is -2.35. The largest absolute Gasteiger partial charge is 0.317 e. The van der Waals surface area contributed by atoms with Crippen LogP contribution in [0.1, 0.15) is 37.3 Å². The number of likely N-dealkylation sites (tertiary alicyclic amines) is 1. The van der Waals surface area contributed by atoms with E-state index >= 15 is 0 Å². The van der Waals surface area contributed by atoms with Gasteiger partial charge in [-0.25, -0.2) is 0 Å². The van der Waals surface area contributed by atoms with E-state index in [0.29, 0.717) is 0 Å². The fraction of sp³-hybridized carbons (Fsp3) is 0.800. The average molecular weight is 262 g/mol. The van der Waals surface area contributed by atoms with Crippen LogP contribution >= 0.6 is 0 Å². The first-order valence-electron chi connectivity index (χ1n) is 7.74. The van der Waals surface area contributed by atoms with Crippen LogP contribution in [0, 0.1) is 5.92 Å². The van der Waals surface area contributed by atoms with E-state index in [-0.39, 0.29) is 0 Å². The maximum Gasteiger partial charge on any atom is 0.0492 e. The van der Waals surface area contributed by atoms with Crippen molar-refractivity contribution >= 4 is 0 Å². The molecule has 1 aromatic heterocycles. The highest BCUT2D eigenvalue weighted by molar-refractivity contribution is 5.08. The number of hydrogen-bond donors (Lipinski definition) is 1. The number of aromatic nitrogens is 2. The average Bonchev–Trinajstić information content (AvgIpc) is 2.87. The SMILES string of the molecule is Cn1nccc1C1CCN(CC2CCNCC2)CC1. The molecule has 0 saturated carbocycles. The Hall–Kier alpha value is -0.870. The summed E-state index contributed by atoms with van der Waals surface area (Å²) in [5.74, 6) is 1.64. The van der Waals surface area contributed by atoms with Crippen molar-refractivity contribution in [3.8, 4) is 0 Å². The second kappa shape index (κ2) is 6.06. The Morgan fingerprint density at radius 3 is 2.58 bits per heavy atom. The zero-order chi connectivity index (χ0) is 13.1. The predicted octanol–water partition coefficient (Wildman–Crippen LogP) is 1.60. The molecule has 0 spiro atoms. The van der Waals surface area contributed by atoms with Crippen molar-refractivity contribution in [2.24, 2.45) is 13.0 Å². The molecule has 2 saturated heterocycles. The van der Waals surface area contributed by atoms with Gasteiger partial charge in [-0.3, -0.25) is 4.68 Å². The number of rotatable bonds is 3. The molecule has 4 heteroatoms. The first-order valence-corrected chi connectivity index (χ1v) is 7.74. The summed E-state index contributed by atoms with van der Waals surface area (Å²) < 4.78 is 2.05. The molecule has 2 aliphatic rings. The highest BCUT2D eigenvalue weighted by Gasteiger charge is 2.24. The minimum atomic E-state index is 0.719. The molecule has 2 aliphatic heterocycles. The first kappa shape index (κ1) is 13.1. The minimum absolute atomic E-state index is 0.719. The normalized spacial score (nSPS) is 23.8. The first-order chi connectivity index (χ1) is 9.33. The van der Waals surface area contributed by atoms with Crippen LogP contribution in [0.2, 0.25) is 0 Å². The molecule has 0 aliphatic carbocycles. The van der Waals surface area contributed by atoms with Crippen LogP contribution in [0.3, 0.4) is 0 Å². The zero-order valence-corrected chi connectivity index (χ0v) is 12.0. The number of aryl methyl sites for hydroxylation is 1. The molecule has 0 radical (unpaired) electrons. The molecule has 3 rings (SSSR count). The van der Waals surface area contributed by atoms with Gasteiger partial charge in [0.15, 0.2) is 0 Å². The highest BCUT2D eigenvalue weighted by atomic mass is 15.3. The third kappa shape index (κ3) is 3.18. The maximum atomic E-state index is 4.30. The Morgan fingerprint density at radius 1 is 1.21 bits per heavy atom. The van der Waals surface area contributed by atoms with E-state index in [9.17, 15) is 0 Å². The summed E-state index contributed by atoms with van der Waals surface area (Å²) in [7, 11) is 2.07. The molecule has 1 aromatic rings. The third-order valence-corrected chi connectivity index (χ3v) is 4.84. The lowest BCUT2D eigenvalue weighted by Crippen LogP contribution is -2.40. The Balaban J connectivity index is 1.48. The maximum absolute atomic E-state index is 4.30. The lowest BCUT2D eigenvalue weighted by atomic mass is 9.91. The van der Waals surface area contributed by atoms with Crippen molar-refractivity contribution in [1.29, 1.82) is 0 Å². The molecule has 3 heterocycles. The van der Waals surface area contributed by atoms with Crippen molar-refractivity contribution in [3.05, 3.63) is 18.0 Å². The number of hydrogen-bond acceptors (Lipinski definition) is 3. The standard InChI is InChI=1S/C15H26N4/c1-18-15(4-9-17-18)14-5-10-19(11-6-14)12-13-2-7-16-8-3-13/h4,9,13-14,16H,2-3,5-8,10-12H2,1H3.